The zero-order chi connectivity index (χ0) is 11.6. The molecule has 16 heavy (non-hydrogen) atoms. The number of carbonyl (C=O) groups is 2. The van der Waals surface area contributed by atoms with Gasteiger partial charge in [0, 0.05) is 11.3 Å². The van der Waals surface area contributed by atoms with Crippen molar-refractivity contribution in [3.63, 3.8) is 0 Å². The Balaban J connectivity index is 2.01. The first-order valence-electron chi connectivity index (χ1n) is 5.75. The summed E-state index contributed by atoms with van der Waals surface area (Å²) in [5.41, 5.74) is 0. The summed E-state index contributed by atoms with van der Waals surface area (Å²) in [5, 5.41) is 2.58. The molecule has 0 unspecified atom stereocenters. The topological polar surface area (TPSA) is 49.4 Å². The summed E-state index contributed by atoms with van der Waals surface area (Å²) in [6.45, 7) is 1.14. The van der Waals surface area contributed by atoms with Crippen LogP contribution in [0.2, 0.25) is 0 Å². The van der Waals surface area contributed by atoms with Crippen LogP contribution in [0.1, 0.15) is 25.7 Å². The van der Waals surface area contributed by atoms with Gasteiger partial charge in [-0.3, -0.25) is 9.59 Å². The van der Waals surface area contributed by atoms with Crippen LogP contribution in [-0.4, -0.2) is 47.4 Å². The maximum atomic E-state index is 11.7. The van der Waals surface area contributed by atoms with Gasteiger partial charge in [0.2, 0.25) is 11.8 Å². The van der Waals surface area contributed by atoms with E-state index in [1.165, 1.54) is 25.7 Å². The lowest BCUT2D eigenvalue weighted by atomic mass is 10.1. The van der Waals surface area contributed by atoms with Crippen LogP contribution in [0.5, 0.6) is 0 Å². The maximum absolute atomic E-state index is 11.7. The van der Waals surface area contributed by atoms with Gasteiger partial charge in [-0.1, -0.05) is 12.8 Å². The molecule has 0 radical (unpaired) electrons. The molecule has 0 spiro atoms. The van der Waals surface area contributed by atoms with E-state index >= 15 is 0 Å². The standard InChI is InChI=1S/C11H18N2O2S/c1-16-11(4-2-3-5-11)8-13-7-9(14)12-6-10(13)15/h2-8H2,1H3,(H,12,14). The number of hydrogen-bond donors (Lipinski definition) is 1. The molecule has 0 aromatic heterocycles. The average Bonchev–Trinajstić information content (AvgIpc) is 2.73. The Morgan fingerprint density at radius 3 is 2.69 bits per heavy atom. The first kappa shape index (κ1) is 11.8. The summed E-state index contributed by atoms with van der Waals surface area (Å²) >= 11 is 1.85. The second kappa shape index (κ2) is 4.65. The van der Waals surface area contributed by atoms with Crippen LogP contribution in [0.3, 0.4) is 0 Å². The third-order valence-corrected chi connectivity index (χ3v) is 4.95. The number of rotatable bonds is 3. The summed E-state index contributed by atoms with van der Waals surface area (Å²) in [6.07, 6.45) is 6.93. The maximum Gasteiger partial charge on any atom is 0.242 e. The molecule has 1 aliphatic carbocycles. The van der Waals surface area contributed by atoms with Crippen molar-refractivity contribution >= 4 is 23.6 Å². The number of piperazine rings is 1. The van der Waals surface area contributed by atoms with Crippen molar-refractivity contribution in [2.45, 2.75) is 30.4 Å². The van der Waals surface area contributed by atoms with E-state index in [2.05, 4.69) is 11.6 Å². The predicted molar refractivity (Wildman–Crippen MR) is 64.3 cm³/mol. The fourth-order valence-electron chi connectivity index (χ4n) is 2.54. The largest absolute Gasteiger partial charge is 0.345 e. The molecular formula is C11H18N2O2S. The SMILES string of the molecule is CSC1(CN2CC(=O)NCC2=O)CCCC1. The molecule has 0 atom stereocenters. The van der Waals surface area contributed by atoms with E-state index in [0.29, 0.717) is 0 Å². The Morgan fingerprint density at radius 1 is 1.38 bits per heavy atom. The second-order valence-corrected chi connectivity index (χ2v) is 5.90. The van der Waals surface area contributed by atoms with Crippen molar-refractivity contribution in [1.82, 2.24) is 10.2 Å². The smallest absolute Gasteiger partial charge is 0.242 e. The van der Waals surface area contributed by atoms with Crippen LogP contribution >= 0.6 is 11.8 Å². The highest BCUT2D eigenvalue weighted by atomic mass is 32.2. The summed E-state index contributed by atoms with van der Waals surface area (Å²) in [6, 6.07) is 0. The fourth-order valence-corrected chi connectivity index (χ4v) is 3.52. The van der Waals surface area contributed by atoms with Gasteiger partial charge in [-0.2, -0.15) is 11.8 Å². The van der Waals surface area contributed by atoms with Gasteiger partial charge < -0.3 is 10.2 Å². The first-order valence-corrected chi connectivity index (χ1v) is 6.97. The lowest BCUT2D eigenvalue weighted by Gasteiger charge is -2.35. The lowest BCUT2D eigenvalue weighted by Crippen LogP contribution is -2.54. The van der Waals surface area contributed by atoms with Crippen LogP contribution in [0.15, 0.2) is 0 Å². The van der Waals surface area contributed by atoms with E-state index < -0.39 is 0 Å². The second-order valence-electron chi connectivity index (χ2n) is 4.62. The van der Waals surface area contributed by atoms with E-state index in [1.807, 2.05) is 11.8 Å². The molecule has 4 nitrogen and oxygen atoms in total. The lowest BCUT2D eigenvalue weighted by molar-refractivity contribution is -0.140. The zero-order valence-electron chi connectivity index (χ0n) is 9.62. The molecule has 2 fully saturated rings. The molecule has 0 bridgehead atoms. The van der Waals surface area contributed by atoms with Crippen LogP contribution in [0.25, 0.3) is 0 Å². The minimum absolute atomic E-state index is 0.0335. The molecule has 0 aromatic rings. The van der Waals surface area contributed by atoms with Gasteiger partial charge in [-0.15, -0.1) is 0 Å². The highest BCUT2D eigenvalue weighted by Gasteiger charge is 2.37. The monoisotopic (exact) mass is 242 g/mol. The molecule has 90 valence electrons. The van der Waals surface area contributed by atoms with Crippen LogP contribution < -0.4 is 5.32 Å². The highest BCUT2D eigenvalue weighted by molar-refractivity contribution is 8.00. The van der Waals surface area contributed by atoms with Crippen molar-refractivity contribution in [3.05, 3.63) is 0 Å². The summed E-state index contributed by atoms with van der Waals surface area (Å²) < 4.78 is 0.202. The Bertz CT molecular complexity index is 300. The number of carbonyl (C=O) groups excluding carboxylic acids is 2. The van der Waals surface area contributed by atoms with Gasteiger partial charge in [-0.25, -0.2) is 0 Å². The van der Waals surface area contributed by atoms with Gasteiger partial charge in [0.1, 0.15) is 0 Å². The number of amides is 2. The van der Waals surface area contributed by atoms with Gasteiger partial charge in [-0.05, 0) is 19.1 Å². The molecule has 1 N–H and O–H groups in total. The van der Waals surface area contributed by atoms with Gasteiger partial charge in [0.25, 0.3) is 0 Å². The molecule has 5 heteroatoms. The summed E-state index contributed by atoms with van der Waals surface area (Å²) in [4.78, 5) is 24.7. The third kappa shape index (κ3) is 2.34. The molecular weight excluding hydrogens is 224 g/mol. The third-order valence-electron chi connectivity index (χ3n) is 3.55. The van der Waals surface area contributed by atoms with Crippen molar-refractivity contribution in [1.29, 1.82) is 0 Å². The highest BCUT2D eigenvalue weighted by Crippen LogP contribution is 2.40. The summed E-state index contributed by atoms with van der Waals surface area (Å²) in [7, 11) is 0. The number of nitrogens with zero attached hydrogens (tertiary/aromatic N) is 1. The number of nitrogens with one attached hydrogen (secondary N) is 1. The Labute approximate surface area is 100 Å². The fraction of sp³-hybridized carbons (Fsp3) is 0.818. The molecule has 2 rings (SSSR count). The van der Waals surface area contributed by atoms with Crippen molar-refractivity contribution in [2.24, 2.45) is 0 Å². The van der Waals surface area contributed by atoms with Crippen molar-refractivity contribution in [2.75, 3.05) is 25.9 Å². The van der Waals surface area contributed by atoms with Crippen molar-refractivity contribution < 1.29 is 9.59 Å². The zero-order valence-corrected chi connectivity index (χ0v) is 10.4. The average molecular weight is 242 g/mol. The minimum atomic E-state index is -0.0335. The molecule has 1 saturated heterocycles. The normalized spacial score (nSPS) is 24.7. The van der Waals surface area contributed by atoms with Crippen LogP contribution in [0.4, 0.5) is 0 Å². The van der Waals surface area contributed by atoms with E-state index in [1.54, 1.807) is 4.90 Å². The molecule has 1 saturated carbocycles. The van der Waals surface area contributed by atoms with Gasteiger partial charge in [0.05, 0.1) is 13.1 Å². The van der Waals surface area contributed by atoms with Crippen LogP contribution in [0, 0.1) is 0 Å². The molecule has 2 aliphatic rings. The molecule has 1 heterocycles. The summed E-state index contributed by atoms with van der Waals surface area (Å²) in [5.74, 6) is 0.0220. The van der Waals surface area contributed by atoms with E-state index in [0.717, 1.165) is 6.54 Å². The molecule has 1 aliphatic heterocycles. The van der Waals surface area contributed by atoms with Gasteiger partial charge >= 0.3 is 0 Å². The van der Waals surface area contributed by atoms with E-state index in [-0.39, 0.29) is 29.7 Å². The number of thioether (sulfide) groups is 1. The Kier molecular flexibility index (Phi) is 3.42. The van der Waals surface area contributed by atoms with E-state index in [4.69, 9.17) is 0 Å². The van der Waals surface area contributed by atoms with E-state index in [9.17, 15) is 9.59 Å². The Hall–Kier alpha value is -0.710. The van der Waals surface area contributed by atoms with Crippen molar-refractivity contribution in [3.8, 4) is 0 Å². The minimum Gasteiger partial charge on any atom is -0.345 e. The van der Waals surface area contributed by atoms with Crippen LogP contribution in [-0.2, 0) is 9.59 Å². The number of hydrogen-bond acceptors (Lipinski definition) is 3. The first-order chi connectivity index (χ1) is 7.65. The quantitative estimate of drug-likeness (QED) is 0.789. The molecule has 0 aromatic carbocycles. The predicted octanol–water partition coefficient (Wildman–Crippen LogP) is 0.621. The molecule has 2 amide bonds. The Morgan fingerprint density at radius 2 is 2.06 bits per heavy atom. The van der Waals surface area contributed by atoms with Gasteiger partial charge in [0.15, 0.2) is 0 Å².